The molecule has 1 heterocycles. The van der Waals surface area contributed by atoms with Crippen LogP contribution in [0.4, 0.5) is 10.8 Å². The molecule has 0 bridgehead atoms. The van der Waals surface area contributed by atoms with Gasteiger partial charge in [-0.15, -0.1) is 22.9 Å². The lowest BCUT2D eigenvalue weighted by molar-refractivity contribution is 0.0952. The Kier molecular flexibility index (Phi) is 4.56. The van der Waals surface area contributed by atoms with Gasteiger partial charge < -0.3 is 10.6 Å². The van der Waals surface area contributed by atoms with Gasteiger partial charge in [-0.1, -0.05) is 36.4 Å². The van der Waals surface area contributed by atoms with Gasteiger partial charge >= 0.3 is 0 Å². The summed E-state index contributed by atoms with van der Waals surface area (Å²) in [5.74, 6) is 0.180. The van der Waals surface area contributed by atoms with Gasteiger partial charge in [0.25, 0.3) is 5.91 Å². The summed E-state index contributed by atoms with van der Waals surface area (Å²) in [6.45, 7) is 0.435. The summed E-state index contributed by atoms with van der Waals surface area (Å²) in [6, 6.07) is 14.2. The molecular weight excluding hydrogens is 318 g/mol. The van der Waals surface area contributed by atoms with Crippen LogP contribution in [-0.4, -0.2) is 23.3 Å². The number of hydrogen-bond donors (Lipinski definition) is 2. The average Bonchev–Trinajstić information content (AvgIpc) is 3.01. The van der Waals surface area contributed by atoms with Crippen LogP contribution >= 0.6 is 22.9 Å². The van der Waals surface area contributed by atoms with Gasteiger partial charge in [-0.3, -0.25) is 4.79 Å². The number of benzene rings is 2. The van der Waals surface area contributed by atoms with Crippen molar-refractivity contribution < 1.29 is 4.79 Å². The Morgan fingerprint density at radius 1 is 1.18 bits per heavy atom. The molecule has 0 aliphatic heterocycles. The number of alkyl halides is 1. The summed E-state index contributed by atoms with van der Waals surface area (Å²) < 4.78 is 0. The second-order valence-electron chi connectivity index (χ2n) is 4.63. The first-order valence-electron chi connectivity index (χ1n) is 6.82. The molecule has 0 unspecified atom stereocenters. The van der Waals surface area contributed by atoms with Crippen LogP contribution in [0.1, 0.15) is 10.5 Å². The van der Waals surface area contributed by atoms with E-state index in [1.807, 2.05) is 24.3 Å². The predicted octanol–water partition coefficient (Wildman–Crippen LogP) is 4.01. The van der Waals surface area contributed by atoms with Crippen molar-refractivity contribution in [3.63, 3.8) is 0 Å². The number of rotatable bonds is 5. The molecule has 2 N–H and O–H groups in total. The lowest BCUT2D eigenvalue weighted by Crippen LogP contribution is -2.25. The van der Waals surface area contributed by atoms with E-state index < -0.39 is 0 Å². The molecule has 0 saturated carbocycles. The van der Waals surface area contributed by atoms with E-state index in [0.29, 0.717) is 23.3 Å². The van der Waals surface area contributed by atoms with Gasteiger partial charge in [-0.2, -0.15) is 0 Å². The fourth-order valence-corrected chi connectivity index (χ4v) is 2.93. The Balaban J connectivity index is 1.81. The molecule has 112 valence electrons. The standard InChI is InChI=1S/C16H14ClN3OS/c17-8-9-18-15(21)14-10-22-16(20-14)19-13-7-3-5-11-4-1-2-6-12(11)13/h1-7,10H,8-9H2,(H,18,21)(H,19,20). The number of amides is 1. The summed E-state index contributed by atoms with van der Waals surface area (Å²) in [5.41, 5.74) is 1.37. The van der Waals surface area contributed by atoms with Crippen LogP contribution < -0.4 is 10.6 Å². The number of anilines is 2. The minimum atomic E-state index is -0.206. The van der Waals surface area contributed by atoms with Gasteiger partial charge in [0.1, 0.15) is 5.69 Å². The Morgan fingerprint density at radius 2 is 2.00 bits per heavy atom. The lowest BCUT2D eigenvalue weighted by Gasteiger charge is -2.06. The molecule has 4 nitrogen and oxygen atoms in total. The van der Waals surface area contributed by atoms with Crippen molar-refractivity contribution >= 4 is 50.4 Å². The third-order valence-electron chi connectivity index (χ3n) is 3.15. The number of hydrogen-bond acceptors (Lipinski definition) is 4. The molecule has 6 heteroatoms. The van der Waals surface area contributed by atoms with Crippen LogP contribution in [0, 0.1) is 0 Å². The number of halogens is 1. The van der Waals surface area contributed by atoms with E-state index >= 15 is 0 Å². The van der Waals surface area contributed by atoms with E-state index in [2.05, 4.69) is 33.8 Å². The maximum Gasteiger partial charge on any atom is 0.270 e. The van der Waals surface area contributed by atoms with Gasteiger partial charge in [-0.05, 0) is 11.5 Å². The highest BCUT2D eigenvalue weighted by molar-refractivity contribution is 7.14. The largest absolute Gasteiger partial charge is 0.349 e. The van der Waals surface area contributed by atoms with Crippen LogP contribution in [0.3, 0.4) is 0 Å². The van der Waals surface area contributed by atoms with E-state index in [-0.39, 0.29) is 5.91 Å². The molecule has 3 rings (SSSR count). The minimum absolute atomic E-state index is 0.206. The van der Waals surface area contributed by atoms with Gasteiger partial charge in [0.2, 0.25) is 0 Å². The van der Waals surface area contributed by atoms with Crippen molar-refractivity contribution in [1.82, 2.24) is 10.3 Å². The molecule has 3 aromatic rings. The maximum atomic E-state index is 11.8. The zero-order valence-electron chi connectivity index (χ0n) is 11.7. The van der Waals surface area contributed by atoms with Crippen molar-refractivity contribution in [1.29, 1.82) is 0 Å². The molecular formula is C16H14ClN3OS. The van der Waals surface area contributed by atoms with Crippen molar-refractivity contribution in [2.75, 3.05) is 17.7 Å². The number of thiazole rings is 1. The highest BCUT2D eigenvalue weighted by Crippen LogP contribution is 2.27. The average molecular weight is 332 g/mol. The van der Waals surface area contributed by atoms with Gasteiger partial charge in [-0.25, -0.2) is 4.98 Å². The first-order valence-corrected chi connectivity index (χ1v) is 8.24. The minimum Gasteiger partial charge on any atom is -0.349 e. The highest BCUT2D eigenvalue weighted by atomic mass is 35.5. The van der Waals surface area contributed by atoms with Gasteiger partial charge in [0, 0.05) is 28.9 Å². The summed E-state index contributed by atoms with van der Waals surface area (Å²) in [4.78, 5) is 16.1. The predicted molar refractivity (Wildman–Crippen MR) is 92.4 cm³/mol. The Morgan fingerprint density at radius 3 is 2.86 bits per heavy atom. The van der Waals surface area contributed by atoms with Crippen LogP contribution in [-0.2, 0) is 0 Å². The highest BCUT2D eigenvalue weighted by Gasteiger charge is 2.10. The maximum absolute atomic E-state index is 11.8. The lowest BCUT2D eigenvalue weighted by atomic mass is 10.1. The van der Waals surface area contributed by atoms with Gasteiger partial charge in [0.05, 0.1) is 0 Å². The van der Waals surface area contributed by atoms with Crippen molar-refractivity contribution in [2.24, 2.45) is 0 Å². The number of carbonyl (C=O) groups excluding carboxylic acids is 1. The summed E-state index contributed by atoms with van der Waals surface area (Å²) in [6.07, 6.45) is 0. The first-order chi connectivity index (χ1) is 10.8. The molecule has 0 aliphatic carbocycles. The summed E-state index contributed by atoms with van der Waals surface area (Å²) in [5, 5.41) is 10.7. The zero-order chi connectivity index (χ0) is 15.4. The second kappa shape index (κ2) is 6.77. The van der Waals surface area contributed by atoms with Crippen molar-refractivity contribution in [3.8, 4) is 0 Å². The molecule has 22 heavy (non-hydrogen) atoms. The first kappa shape index (κ1) is 14.8. The SMILES string of the molecule is O=C(NCCCl)c1csc(Nc2cccc3ccccc23)n1. The molecule has 0 radical (unpaired) electrons. The molecule has 1 amide bonds. The number of nitrogens with one attached hydrogen (secondary N) is 2. The van der Waals surface area contributed by atoms with Gasteiger partial charge in [0.15, 0.2) is 5.13 Å². The van der Waals surface area contributed by atoms with E-state index in [1.165, 1.54) is 11.3 Å². The Bertz CT molecular complexity index is 797. The number of aromatic nitrogens is 1. The Labute approximate surface area is 137 Å². The zero-order valence-corrected chi connectivity index (χ0v) is 13.2. The fourth-order valence-electron chi connectivity index (χ4n) is 2.14. The van der Waals surface area contributed by atoms with E-state index in [1.54, 1.807) is 5.38 Å². The van der Waals surface area contributed by atoms with Crippen LogP contribution in [0.15, 0.2) is 47.8 Å². The third-order valence-corrected chi connectivity index (χ3v) is 4.09. The molecule has 0 spiro atoms. The molecule has 0 fully saturated rings. The van der Waals surface area contributed by atoms with E-state index in [9.17, 15) is 4.79 Å². The molecule has 0 atom stereocenters. The summed E-state index contributed by atoms with van der Waals surface area (Å²) in [7, 11) is 0. The Hall–Kier alpha value is -2.11. The van der Waals surface area contributed by atoms with Crippen molar-refractivity contribution in [3.05, 3.63) is 53.5 Å². The van der Waals surface area contributed by atoms with Crippen molar-refractivity contribution in [2.45, 2.75) is 0 Å². The summed E-state index contributed by atoms with van der Waals surface area (Å²) >= 11 is 6.95. The second-order valence-corrected chi connectivity index (χ2v) is 5.87. The van der Waals surface area contributed by atoms with Crippen LogP contribution in [0.5, 0.6) is 0 Å². The smallest absolute Gasteiger partial charge is 0.270 e. The van der Waals surface area contributed by atoms with Crippen LogP contribution in [0.2, 0.25) is 0 Å². The van der Waals surface area contributed by atoms with E-state index in [4.69, 9.17) is 11.6 Å². The number of nitrogens with zero attached hydrogens (tertiary/aromatic N) is 1. The third kappa shape index (κ3) is 3.21. The molecule has 1 aromatic heterocycles. The normalized spacial score (nSPS) is 10.6. The fraction of sp³-hybridized carbons (Fsp3) is 0.125. The number of carbonyl (C=O) groups is 1. The molecule has 0 aliphatic rings. The van der Waals surface area contributed by atoms with E-state index in [0.717, 1.165) is 16.5 Å². The monoisotopic (exact) mass is 331 g/mol. The topological polar surface area (TPSA) is 54.0 Å². The number of fused-ring (bicyclic) bond motifs is 1. The quantitative estimate of drug-likeness (QED) is 0.695. The van der Waals surface area contributed by atoms with Crippen LogP contribution in [0.25, 0.3) is 10.8 Å². The molecule has 2 aromatic carbocycles. The molecule has 0 saturated heterocycles.